The summed E-state index contributed by atoms with van der Waals surface area (Å²) < 4.78 is 4.95. The maximum atomic E-state index is 12.4. The van der Waals surface area contributed by atoms with Gasteiger partial charge in [-0.15, -0.1) is 0 Å². The Morgan fingerprint density at radius 1 is 1.17 bits per heavy atom. The molecule has 0 saturated carbocycles. The van der Waals surface area contributed by atoms with E-state index in [0.717, 1.165) is 4.90 Å². The van der Waals surface area contributed by atoms with E-state index >= 15 is 0 Å². The Balaban J connectivity index is 1.90. The number of nitrogens with zero attached hydrogens (tertiary/aromatic N) is 1. The Kier molecular flexibility index (Phi) is 5.75. The van der Waals surface area contributed by atoms with Crippen LogP contribution in [0.4, 0.5) is 0 Å². The lowest BCUT2D eigenvalue weighted by Gasteiger charge is -2.21. The van der Waals surface area contributed by atoms with Crippen molar-refractivity contribution < 1.29 is 23.9 Å². The minimum atomic E-state index is -1.02. The average Bonchev–Trinajstić information content (AvgIpc) is 2.81. The van der Waals surface area contributed by atoms with Crippen molar-refractivity contribution in [2.75, 3.05) is 13.2 Å². The van der Waals surface area contributed by atoms with E-state index in [1.165, 1.54) is 6.92 Å². The first-order chi connectivity index (χ1) is 11.3. The van der Waals surface area contributed by atoms with Crippen LogP contribution in [-0.4, -0.2) is 47.8 Å². The molecule has 0 radical (unpaired) electrons. The van der Waals surface area contributed by atoms with Crippen molar-refractivity contribution in [2.45, 2.75) is 39.7 Å². The lowest BCUT2D eigenvalue weighted by atomic mass is 9.85. The lowest BCUT2D eigenvalue weighted by molar-refractivity contribution is -0.159. The van der Waals surface area contributed by atoms with Gasteiger partial charge in [0.05, 0.1) is 11.8 Å². The Morgan fingerprint density at radius 2 is 1.71 bits per heavy atom. The zero-order chi connectivity index (χ0) is 17.9. The van der Waals surface area contributed by atoms with E-state index in [0.29, 0.717) is 25.3 Å². The Labute approximate surface area is 141 Å². The monoisotopic (exact) mass is 336 g/mol. The third kappa shape index (κ3) is 3.83. The van der Waals surface area contributed by atoms with Gasteiger partial charge in [-0.25, -0.2) is 4.79 Å². The van der Waals surface area contributed by atoms with Gasteiger partial charge in [0, 0.05) is 6.54 Å². The van der Waals surface area contributed by atoms with Gasteiger partial charge < -0.3 is 10.1 Å². The molecule has 1 fully saturated rings. The van der Waals surface area contributed by atoms with Crippen LogP contribution in [0.25, 0.3) is 0 Å². The van der Waals surface area contributed by atoms with E-state index in [2.05, 4.69) is 5.32 Å². The third-order valence-corrected chi connectivity index (χ3v) is 4.32. The molecule has 0 unspecified atom stereocenters. The van der Waals surface area contributed by atoms with E-state index < -0.39 is 24.5 Å². The summed E-state index contributed by atoms with van der Waals surface area (Å²) in [5, 5.41) is 2.63. The predicted molar refractivity (Wildman–Crippen MR) is 85.5 cm³/mol. The van der Waals surface area contributed by atoms with Crippen LogP contribution in [0.15, 0.2) is 12.2 Å². The molecule has 0 spiro atoms. The summed E-state index contributed by atoms with van der Waals surface area (Å²) in [7, 11) is 0. The Hall–Kier alpha value is -2.18. The molecule has 24 heavy (non-hydrogen) atoms. The van der Waals surface area contributed by atoms with Crippen molar-refractivity contribution in [3.8, 4) is 0 Å². The van der Waals surface area contributed by atoms with Gasteiger partial charge in [0.1, 0.15) is 6.04 Å². The number of carbonyl (C=O) groups is 4. The second-order valence-corrected chi connectivity index (χ2v) is 6.68. The van der Waals surface area contributed by atoms with E-state index in [-0.39, 0.29) is 23.7 Å². The van der Waals surface area contributed by atoms with Crippen LogP contribution in [0.5, 0.6) is 0 Å². The number of likely N-dealkylation sites (tertiary alicyclic amines) is 1. The fourth-order valence-corrected chi connectivity index (χ4v) is 2.94. The highest BCUT2D eigenvalue weighted by Crippen LogP contribution is 2.36. The van der Waals surface area contributed by atoms with Crippen molar-refractivity contribution >= 4 is 23.7 Å². The first kappa shape index (κ1) is 18.2. The number of carbonyl (C=O) groups excluding carboxylic acids is 4. The molecular weight excluding hydrogens is 312 g/mol. The number of ether oxygens (including phenoxy) is 1. The third-order valence-electron chi connectivity index (χ3n) is 4.32. The summed E-state index contributed by atoms with van der Waals surface area (Å²) in [6, 6.07) is -1.02. The van der Waals surface area contributed by atoms with Crippen molar-refractivity contribution in [2.24, 2.45) is 17.8 Å². The number of hydrogen-bond acceptors (Lipinski definition) is 5. The van der Waals surface area contributed by atoms with Crippen LogP contribution < -0.4 is 5.32 Å². The summed E-state index contributed by atoms with van der Waals surface area (Å²) in [5.74, 6) is -2.28. The highest BCUT2D eigenvalue weighted by Gasteiger charge is 2.50. The van der Waals surface area contributed by atoms with Gasteiger partial charge in [0.25, 0.3) is 5.91 Å². The number of imide groups is 1. The number of fused-ring (bicyclic) bond motifs is 1. The number of amides is 3. The maximum Gasteiger partial charge on any atom is 0.329 e. The topological polar surface area (TPSA) is 92.8 Å². The highest BCUT2D eigenvalue weighted by molar-refractivity contribution is 6.08. The molecule has 0 aromatic heterocycles. The SMILES string of the molecule is CC(C)CNC(=O)COC(=O)[C@H](C)N1C(=O)[C@H]2CC=CC[C@H]2C1=O. The molecule has 0 bridgehead atoms. The standard InChI is InChI=1S/C17H24N2O5/c1-10(2)8-18-14(20)9-24-17(23)11(3)19-15(21)12-6-4-5-7-13(12)16(19)22/h4-5,10-13H,6-9H2,1-3H3,(H,18,20)/t11-,12-,13+/m0/s1. The van der Waals surface area contributed by atoms with Crippen LogP contribution in [0.2, 0.25) is 0 Å². The second-order valence-electron chi connectivity index (χ2n) is 6.68. The van der Waals surface area contributed by atoms with Crippen LogP contribution in [-0.2, 0) is 23.9 Å². The van der Waals surface area contributed by atoms with Gasteiger partial charge in [0.15, 0.2) is 6.61 Å². The predicted octanol–water partition coefficient (Wildman–Crippen LogP) is 0.641. The fraction of sp³-hybridized carbons (Fsp3) is 0.647. The summed E-state index contributed by atoms with van der Waals surface area (Å²) in [6.07, 6.45) is 4.81. The van der Waals surface area contributed by atoms with Crippen LogP contribution in [0.3, 0.4) is 0 Å². The molecule has 2 aliphatic rings. The minimum absolute atomic E-state index is 0.292. The molecule has 1 aliphatic carbocycles. The molecule has 7 heteroatoms. The molecule has 1 N–H and O–H groups in total. The molecule has 3 amide bonds. The molecule has 3 atom stereocenters. The number of esters is 1. The van der Waals surface area contributed by atoms with Crippen LogP contribution >= 0.6 is 0 Å². The normalized spacial score (nSPS) is 24.1. The van der Waals surface area contributed by atoms with Gasteiger partial charge in [-0.3, -0.25) is 19.3 Å². The van der Waals surface area contributed by atoms with Crippen LogP contribution in [0.1, 0.15) is 33.6 Å². The van der Waals surface area contributed by atoms with E-state index in [4.69, 9.17) is 4.74 Å². The summed E-state index contributed by atoms with van der Waals surface area (Å²) >= 11 is 0. The molecular formula is C17H24N2O5. The second kappa shape index (κ2) is 7.59. The molecule has 0 aromatic carbocycles. The van der Waals surface area contributed by atoms with Crippen molar-refractivity contribution in [1.82, 2.24) is 10.2 Å². The summed E-state index contributed by atoms with van der Waals surface area (Å²) in [4.78, 5) is 49.5. The van der Waals surface area contributed by atoms with Crippen LogP contribution in [0, 0.1) is 17.8 Å². The highest BCUT2D eigenvalue weighted by atomic mass is 16.5. The molecule has 132 valence electrons. The fourth-order valence-electron chi connectivity index (χ4n) is 2.94. The number of allylic oxidation sites excluding steroid dienone is 2. The first-order valence-electron chi connectivity index (χ1n) is 8.28. The maximum absolute atomic E-state index is 12.4. The van der Waals surface area contributed by atoms with E-state index in [9.17, 15) is 19.2 Å². The zero-order valence-corrected chi connectivity index (χ0v) is 14.3. The molecule has 1 aliphatic heterocycles. The largest absolute Gasteiger partial charge is 0.454 e. The van der Waals surface area contributed by atoms with Crippen molar-refractivity contribution in [1.29, 1.82) is 0 Å². The summed E-state index contributed by atoms with van der Waals surface area (Å²) in [6.45, 7) is 5.43. The summed E-state index contributed by atoms with van der Waals surface area (Å²) in [5.41, 5.74) is 0. The van der Waals surface area contributed by atoms with E-state index in [1.807, 2.05) is 26.0 Å². The molecule has 2 rings (SSSR count). The molecule has 7 nitrogen and oxygen atoms in total. The Bertz CT molecular complexity index is 543. The van der Waals surface area contributed by atoms with Gasteiger partial charge in [-0.1, -0.05) is 26.0 Å². The van der Waals surface area contributed by atoms with Crippen molar-refractivity contribution in [3.63, 3.8) is 0 Å². The Morgan fingerprint density at radius 3 is 2.21 bits per heavy atom. The van der Waals surface area contributed by atoms with Gasteiger partial charge >= 0.3 is 5.97 Å². The van der Waals surface area contributed by atoms with Gasteiger partial charge in [-0.2, -0.15) is 0 Å². The zero-order valence-electron chi connectivity index (χ0n) is 14.3. The van der Waals surface area contributed by atoms with Gasteiger partial charge in [-0.05, 0) is 25.7 Å². The molecule has 1 saturated heterocycles. The lowest BCUT2D eigenvalue weighted by Crippen LogP contribution is -2.45. The first-order valence-corrected chi connectivity index (χ1v) is 8.28. The quantitative estimate of drug-likeness (QED) is 0.436. The molecule has 0 aromatic rings. The molecule has 1 heterocycles. The number of rotatable bonds is 6. The average molecular weight is 336 g/mol. The smallest absolute Gasteiger partial charge is 0.329 e. The minimum Gasteiger partial charge on any atom is -0.454 e. The van der Waals surface area contributed by atoms with Gasteiger partial charge in [0.2, 0.25) is 11.8 Å². The van der Waals surface area contributed by atoms with E-state index in [1.54, 1.807) is 0 Å². The number of nitrogens with one attached hydrogen (secondary N) is 1. The number of hydrogen-bond donors (Lipinski definition) is 1. The van der Waals surface area contributed by atoms with Crippen molar-refractivity contribution in [3.05, 3.63) is 12.2 Å².